The van der Waals surface area contributed by atoms with Crippen LogP contribution >= 0.6 is 0 Å². The molecule has 1 saturated carbocycles. The number of hydrogen-bond donors (Lipinski definition) is 1. The molecule has 2 aliphatic heterocycles. The highest BCUT2D eigenvalue weighted by atomic mass is 16.6. The monoisotopic (exact) mass is 393 g/mol. The molecule has 7 nitrogen and oxygen atoms in total. The van der Waals surface area contributed by atoms with Crippen LogP contribution in [-0.4, -0.2) is 66.0 Å². The first kappa shape index (κ1) is 20.9. The van der Waals surface area contributed by atoms with Gasteiger partial charge in [0, 0.05) is 38.1 Å². The van der Waals surface area contributed by atoms with E-state index in [1.165, 1.54) is 25.7 Å². The normalized spacial score (nSPS) is 25.3. The molecule has 0 bridgehead atoms. The topological polar surface area (TPSA) is 79.0 Å². The van der Waals surface area contributed by atoms with Gasteiger partial charge in [-0.15, -0.1) is 0 Å². The van der Waals surface area contributed by atoms with Crippen LogP contribution in [0.2, 0.25) is 0 Å². The predicted molar refractivity (Wildman–Crippen MR) is 106 cm³/mol. The van der Waals surface area contributed by atoms with Gasteiger partial charge in [0.2, 0.25) is 11.8 Å². The van der Waals surface area contributed by atoms with Crippen molar-refractivity contribution in [2.24, 2.45) is 5.92 Å². The third-order valence-corrected chi connectivity index (χ3v) is 6.45. The molecule has 2 heterocycles. The van der Waals surface area contributed by atoms with E-state index in [9.17, 15) is 14.4 Å². The van der Waals surface area contributed by atoms with Crippen molar-refractivity contribution in [1.82, 2.24) is 15.1 Å². The Balaban J connectivity index is 1.48. The molecule has 3 fully saturated rings. The number of piperidine rings is 2. The second-order valence-electron chi connectivity index (χ2n) is 8.40. The Labute approximate surface area is 168 Å². The molecule has 1 aliphatic carbocycles. The number of hydrogen-bond acceptors (Lipinski definition) is 4. The van der Waals surface area contributed by atoms with E-state index in [4.69, 9.17) is 4.74 Å². The highest BCUT2D eigenvalue weighted by Crippen LogP contribution is 2.27. The minimum absolute atomic E-state index is 0.0701. The molecule has 0 aromatic heterocycles. The van der Waals surface area contributed by atoms with Crippen molar-refractivity contribution in [3.05, 3.63) is 0 Å². The minimum Gasteiger partial charge on any atom is -0.450 e. The van der Waals surface area contributed by atoms with Crippen molar-refractivity contribution < 1.29 is 19.1 Å². The zero-order chi connectivity index (χ0) is 19.9. The van der Waals surface area contributed by atoms with E-state index in [2.05, 4.69) is 5.32 Å². The first-order valence-electron chi connectivity index (χ1n) is 11.1. The lowest BCUT2D eigenvalue weighted by Gasteiger charge is -2.38. The average molecular weight is 394 g/mol. The summed E-state index contributed by atoms with van der Waals surface area (Å²) in [6.45, 7) is 3.98. The van der Waals surface area contributed by atoms with Gasteiger partial charge in [0.1, 0.15) is 0 Å². The third-order valence-electron chi connectivity index (χ3n) is 6.45. The lowest BCUT2D eigenvalue weighted by atomic mass is 9.93. The molecule has 0 aromatic rings. The van der Waals surface area contributed by atoms with Crippen LogP contribution in [0.4, 0.5) is 4.79 Å². The fourth-order valence-corrected chi connectivity index (χ4v) is 4.75. The summed E-state index contributed by atoms with van der Waals surface area (Å²) in [5.41, 5.74) is 0. The fraction of sp³-hybridized carbons (Fsp3) is 0.857. The summed E-state index contributed by atoms with van der Waals surface area (Å²) < 4.78 is 5.04. The van der Waals surface area contributed by atoms with E-state index in [1.807, 2.05) is 4.90 Å². The van der Waals surface area contributed by atoms with Crippen molar-refractivity contribution in [2.75, 3.05) is 26.2 Å². The van der Waals surface area contributed by atoms with Gasteiger partial charge in [-0.1, -0.05) is 25.7 Å². The number of ether oxygens (including phenoxy) is 1. The molecule has 3 aliphatic rings. The molecular formula is C21H35N3O4. The Kier molecular flexibility index (Phi) is 7.57. The summed E-state index contributed by atoms with van der Waals surface area (Å²) >= 11 is 0. The van der Waals surface area contributed by atoms with Crippen molar-refractivity contribution in [1.29, 1.82) is 0 Å². The summed E-state index contributed by atoms with van der Waals surface area (Å²) in [6, 6.07) is 0.417. The Bertz CT molecular complexity index is 552. The minimum atomic E-state index is -0.267. The second-order valence-corrected chi connectivity index (χ2v) is 8.40. The highest BCUT2D eigenvalue weighted by molar-refractivity contribution is 5.84. The Morgan fingerprint density at radius 3 is 2.36 bits per heavy atom. The van der Waals surface area contributed by atoms with Crippen molar-refractivity contribution in [3.63, 3.8) is 0 Å². The van der Waals surface area contributed by atoms with Crippen LogP contribution in [0.3, 0.4) is 0 Å². The van der Waals surface area contributed by atoms with Gasteiger partial charge in [-0.25, -0.2) is 4.79 Å². The summed E-state index contributed by atoms with van der Waals surface area (Å²) in [7, 11) is 0. The molecular weight excluding hydrogens is 358 g/mol. The van der Waals surface area contributed by atoms with Crippen LogP contribution in [0.5, 0.6) is 0 Å². The van der Waals surface area contributed by atoms with Gasteiger partial charge in [-0.2, -0.15) is 0 Å². The van der Waals surface area contributed by atoms with Gasteiger partial charge in [-0.3, -0.25) is 9.59 Å². The quantitative estimate of drug-likeness (QED) is 0.745. The van der Waals surface area contributed by atoms with Crippen LogP contribution in [0.15, 0.2) is 0 Å². The molecule has 1 N–H and O–H groups in total. The third kappa shape index (κ3) is 5.39. The van der Waals surface area contributed by atoms with E-state index in [-0.39, 0.29) is 29.9 Å². The predicted octanol–water partition coefficient (Wildman–Crippen LogP) is 2.68. The SMILES string of the molecule is CCOC(=O)N1CCC(NC(=O)[C@@H]2CCC(=O)N(C3CCCCCC3)C2)CC1. The number of nitrogens with one attached hydrogen (secondary N) is 1. The largest absolute Gasteiger partial charge is 0.450 e. The Morgan fingerprint density at radius 1 is 1.04 bits per heavy atom. The zero-order valence-corrected chi connectivity index (χ0v) is 17.2. The summed E-state index contributed by atoms with van der Waals surface area (Å²) in [6.07, 6.45) is 9.40. The Morgan fingerprint density at radius 2 is 1.71 bits per heavy atom. The zero-order valence-electron chi connectivity index (χ0n) is 17.2. The molecule has 0 radical (unpaired) electrons. The molecule has 0 unspecified atom stereocenters. The highest BCUT2D eigenvalue weighted by Gasteiger charge is 2.35. The van der Waals surface area contributed by atoms with Crippen LogP contribution in [0.25, 0.3) is 0 Å². The summed E-state index contributed by atoms with van der Waals surface area (Å²) in [4.78, 5) is 40.8. The van der Waals surface area contributed by atoms with E-state index in [0.29, 0.717) is 45.1 Å². The van der Waals surface area contributed by atoms with Gasteiger partial charge in [-0.05, 0) is 39.0 Å². The van der Waals surface area contributed by atoms with Gasteiger partial charge < -0.3 is 19.9 Å². The molecule has 2 saturated heterocycles. The van der Waals surface area contributed by atoms with Gasteiger partial charge in [0.15, 0.2) is 0 Å². The molecule has 28 heavy (non-hydrogen) atoms. The number of rotatable bonds is 4. The summed E-state index contributed by atoms with van der Waals surface area (Å²) in [5, 5.41) is 3.18. The number of likely N-dealkylation sites (tertiary alicyclic amines) is 2. The van der Waals surface area contributed by atoms with E-state index >= 15 is 0 Å². The van der Waals surface area contributed by atoms with Crippen molar-refractivity contribution in [2.45, 2.75) is 83.2 Å². The van der Waals surface area contributed by atoms with Crippen molar-refractivity contribution >= 4 is 17.9 Å². The molecule has 7 heteroatoms. The van der Waals surface area contributed by atoms with Crippen molar-refractivity contribution in [3.8, 4) is 0 Å². The van der Waals surface area contributed by atoms with E-state index in [1.54, 1.807) is 11.8 Å². The average Bonchev–Trinajstić information content (AvgIpc) is 2.98. The maximum Gasteiger partial charge on any atom is 0.409 e. The number of amides is 3. The molecule has 3 rings (SSSR count). The van der Waals surface area contributed by atoms with Gasteiger partial charge in [0.25, 0.3) is 0 Å². The van der Waals surface area contributed by atoms with Crippen LogP contribution in [-0.2, 0) is 14.3 Å². The number of carbonyl (C=O) groups is 3. The van der Waals surface area contributed by atoms with Gasteiger partial charge >= 0.3 is 6.09 Å². The van der Waals surface area contributed by atoms with E-state index < -0.39 is 0 Å². The standard InChI is InChI=1S/C21H35N3O4/c1-2-28-21(27)23-13-11-17(12-14-23)22-20(26)16-9-10-19(25)24(15-16)18-7-5-3-4-6-8-18/h16-18H,2-15H2,1H3,(H,22,26)/t16-/m1/s1. The Hall–Kier alpha value is -1.79. The smallest absolute Gasteiger partial charge is 0.409 e. The molecule has 0 spiro atoms. The molecule has 0 aromatic carbocycles. The fourth-order valence-electron chi connectivity index (χ4n) is 4.75. The van der Waals surface area contributed by atoms with Crippen LogP contribution < -0.4 is 5.32 Å². The lowest BCUT2D eigenvalue weighted by Crippen LogP contribution is -2.52. The second kappa shape index (κ2) is 10.1. The molecule has 158 valence electrons. The maximum absolute atomic E-state index is 12.8. The first-order valence-corrected chi connectivity index (χ1v) is 11.1. The first-order chi connectivity index (χ1) is 13.6. The lowest BCUT2D eigenvalue weighted by molar-refractivity contribution is -0.141. The van der Waals surface area contributed by atoms with Gasteiger partial charge in [0.05, 0.1) is 12.5 Å². The number of nitrogens with zero attached hydrogens (tertiary/aromatic N) is 2. The number of carbonyl (C=O) groups excluding carboxylic acids is 3. The van der Waals surface area contributed by atoms with E-state index in [0.717, 1.165) is 25.7 Å². The molecule has 1 atom stereocenters. The van der Waals surface area contributed by atoms with Crippen LogP contribution in [0, 0.1) is 5.92 Å². The molecule has 3 amide bonds. The summed E-state index contributed by atoms with van der Waals surface area (Å²) in [5.74, 6) is 0.184. The van der Waals surface area contributed by atoms with Crippen LogP contribution in [0.1, 0.15) is 71.1 Å². The maximum atomic E-state index is 12.8.